The predicted octanol–water partition coefficient (Wildman–Crippen LogP) is 2.28. The van der Waals surface area contributed by atoms with Gasteiger partial charge in [-0.2, -0.15) is 0 Å². The topological polar surface area (TPSA) is 55.1 Å². The minimum Gasteiger partial charge on any atom is -0.323 e. The normalized spacial score (nSPS) is 12.3. The van der Waals surface area contributed by atoms with Gasteiger partial charge in [0.15, 0.2) is 0 Å². The standard InChI is InChI=1S/C9H10Cl2N2O/c1-5(12)9(14)13-8-4-6(10)2-3-7(8)11/h2-5H,12H2,1H3,(H,13,14)/t5-/m1/s1. The molecular weight excluding hydrogens is 223 g/mol. The summed E-state index contributed by atoms with van der Waals surface area (Å²) in [6, 6.07) is 4.25. The summed E-state index contributed by atoms with van der Waals surface area (Å²) in [5.41, 5.74) is 5.86. The maximum atomic E-state index is 11.2. The second-order valence-corrected chi connectivity index (χ2v) is 3.75. The zero-order valence-corrected chi connectivity index (χ0v) is 9.06. The Morgan fingerprint density at radius 3 is 2.71 bits per heavy atom. The molecule has 1 amide bonds. The van der Waals surface area contributed by atoms with E-state index in [4.69, 9.17) is 28.9 Å². The van der Waals surface area contributed by atoms with Gasteiger partial charge in [-0.05, 0) is 25.1 Å². The molecule has 1 aromatic rings. The fraction of sp³-hybridized carbons (Fsp3) is 0.222. The zero-order chi connectivity index (χ0) is 10.7. The highest BCUT2D eigenvalue weighted by molar-refractivity contribution is 6.35. The Balaban J connectivity index is 2.86. The first-order chi connectivity index (χ1) is 6.50. The molecule has 1 atom stereocenters. The molecule has 0 aliphatic rings. The first-order valence-corrected chi connectivity index (χ1v) is 4.78. The molecule has 3 nitrogen and oxygen atoms in total. The minimum atomic E-state index is -0.579. The van der Waals surface area contributed by atoms with Crippen molar-refractivity contribution in [1.82, 2.24) is 0 Å². The van der Waals surface area contributed by atoms with E-state index in [1.54, 1.807) is 25.1 Å². The molecule has 14 heavy (non-hydrogen) atoms. The second-order valence-electron chi connectivity index (χ2n) is 2.90. The van der Waals surface area contributed by atoms with E-state index in [0.717, 1.165) is 0 Å². The van der Waals surface area contributed by atoms with Crippen molar-refractivity contribution in [1.29, 1.82) is 0 Å². The van der Waals surface area contributed by atoms with Crippen LogP contribution in [0.2, 0.25) is 10.0 Å². The van der Waals surface area contributed by atoms with Crippen molar-refractivity contribution < 1.29 is 4.79 Å². The number of benzene rings is 1. The van der Waals surface area contributed by atoms with E-state index in [2.05, 4.69) is 5.32 Å². The molecule has 76 valence electrons. The van der Waals surface area contributed by atoms with E-state index in [1.807, 2.05) is 0 Å². The van der Waals surface area contributed by atoms with Gasteiger partial charge < -0.3 is 11.1 Å². The maximum absolute atomic E-state index is 11.2. The van der Waals surface area contributed by atoms with Gasteiger partial charge in [-0.1, -0.05) is 23.2 Å². The van der Waals surface area contributed by atoms with Crippen LogP contribution in [0, 0.1) is 0 Å². The van der Waals surface area contributed by atoms with E-state index < -0.39 is 6.04 Å². The van der Waals surface area contributed by atoms with Crippen LogP contribution in [0.1, 0.15) is 6.92 Å². The number of carbonyl (C=O) groups excluding carboxylic acids is 1. The third-order valence-electron chi connectivity index (χ3n) is 1.60. The molecule has 0 fully saturated rings. The summed E-state index contributed by atoms with van der Waals surface area (Å²) in [4.78, 5) is 11.2. The van der Waals surface area contributed by atoms with Crippen LogP contribution in [-0.4, -0.2) is 11.9 Å². The van der Waals surface area contributed by atoms with Gasteiger partial charge >= 0.3 is 0 Å². The van der Waals surface area contributed by atoms with Gasteiger partial charge in [-0.25, -0.2) is 0 Å². The van der Waals surface area contributed by atoms with E-state index in [-0.39, 0.29) is 5.91 Å². The lowest BCUT2D eigenvalue weighted by atomic mass is 10.3. The van der Waals surface area contributed by atoms with Crippen LogP contribution in [0.5, 0.6) is 0 Å². The summed E-state index contributed by atoms with van der Waals surface area (Å²) < 4.78 is 0. The van der Waals surface area contributed by atoms with Crippen LogP contribution < -0.4 is 11.1 Å². The van der Waals surface area contributed by atoms with Crippen molar-refractivity contribution in [3.63, 3.8) is 0 Å². The molecule has 0 radical (unpaired) electrons. The Labute approximate surface area is 92.2 Å². The van der Waals surface area contributed by atoms with Gasteiger partial charge in [-0.15, -0.1) is 0 Å². The smallest absolute Gasteiger partial charge is 0.241 e. The summed E-state index contributed by atoms with van der Waals surface area (Å²) in [5, 5.41) is 3.51. The molecule has 0 spiro atoms. The molecule has 0 unspecified atom stereocenters. The lowest BCUT2D eigenvalue weighted by Crippen LogP contribution is -2.32. The highest BCUT2D eigenvalue weighted by atomic mass is 35.5. The van der Waals surface area contributed by atoms with Gasteiger partial charge in [0, 0.05) is 5.02 Å². The molecule has 3 N–H and O–H groups in total. The molecular formula is C9H10Cl2N2O. The van der Waals surface area contributed by atoms with E-state index in [1.165, 1.54) is 0 Å². The van der Waals surface area contributed by atoms with Crippen molar-refractivity contribution in [2.75, 3.05) is 5.32 Å². The number of nitrogens with two attached hydrogens (primary N) is 1. The Hall–Kier alpha value is -0.770. The monoisotopic (exact) mass is 232 g/mol. The largest absolute Gasteiger partial charge is 0.323 e. The van der Waals surface area contributed by atoms with Crippen LogP contribution in [0.3, 0.4) is 0 Å². The SMILES string of the molecule is C[C@@H](N)C(=O)Nc1cc(Cl)ccc1Cl. The number of amides is 1. The van der Waals surface area contributed by atoms with E-state index >= 15 is 0 Å². The van der Waals surface area contributed by atoms with Crippen LogP contribution in [0.4, 0.5) is 5.69 Å². The van der Waals surface area contributed by atoms with Gasteiger partial charge in [-0.3, -0.25) is 4.79 Å². The summed E-state index contributed by atoms with van der Waals surface area (Å²) in [6.45, 7) is 1.59. The van der Waals surface area contributed by atoms with Crippen LogP contribution in [0.15, 0.2) is 18.2 Å². The average Bonchev–Trinajstić information content (AvgIpc) is 2.11. The summed E-state index contributed by atoms with van der Waals surface area (Å²) in [6.07, 6.45) is 0. The number of carbonyl (C=O) groups is 1. The molecule has 0 aromatic heterocycles. The fourth-order valence-corrected chi connectivity index (χ4v) is 1.18. The quantitative estimate of drug-likeness (QED) is 0.823. The fourth-order valence-electron chi connectivity index (χ4n) is 0.840. The van der Waals surface area contributed by atoms with Crippen molar-refractivity contribution in [2.45, 2.75) is 13.0 Å². The molecule has 0 saturated carbocycles. The molecule has 1 rings (SSSR count). The molecule has 1 aromatic carbocycles. The molecule has 5 heteroatoms. The number of anilines is 1. The number of nitrogens with one attached hydrogen (secondary N) is 1. The van der Waals surface area contributed by atoms with Crippen molar-refractivity contribution in [3.8, 4) is 0 Å². The highest BCUT2D eigenvalue weighted by Gasteiger charge is 2.09. The van der Waals surface area contributed by atoms with Crippen LogP contribution in [0.25, 0.3) is 0 Å². The number of hydrogen-bond acceptors (Lipinski definition) is 2. The second kappa shape index (κ2) is 4.64. The molecule has 0 aliphatic carbocycles. The Morgan fingerprint density at radius 2 is 2.14 bits per heavy atom. The third kappa shape index (κ3) is 2.87. The number of rotatable bonds is 2. The van der Waals surface area contributed by atoms with Crippen molar-refractivity contribution in [3.05, 3.63) is 28.2 Å². The van der Waals surface area contributed by atoms with Crippen LogP contribution >= 0.6 is 23.2 Å². The van der Waals surface area contributed by atoms with Gasteiger partial charge in [0.2, 0.25) is 5.91 Å². The zero-order valence-electron chi connectivity index (χ0n) is 7.55. The summed E-state index contributed by atoms with van der Waals surface area (Å²) >= 11 is 11.6. The van der Waals surface area contributed by atoms with Crippen molar-refractivity contribution in [2.24, 2.45) is 5.73 Å². The van der Waals surface area contributed by atoms with Crippen molar-refractivity contribution >= 4 is 34.8 Å². The maximum Gasteiger partial charge on any atom is 0.241 e. The lowest BCUT2D eigenvalue weighted by Gasteiger charge is -2.09. The van der Waals surface area contributed by atoms with Crippen LogP contribution in [-0.2, 0) is 4.79 Å². The van der Waals surface area contributed by atoms with E-state index in [0.29, 0.717) is 15.7 Å². The highest BCUT2D eigenvalue weighted by Crippen LogP contribution is 2.25. The molecule has 0 bridgehead atoms. The Kier molecular flexibility index (Phi) is 3.75. The molecule has 0 heterocycles. The predicted molar refractivity (Wildman–Crippen MR) is 58.7 cm³/mol. The van der Waals surface area contributed by atoms with Gasteiger partial charge in [0.1, 0.15) is 0 Å². The first kappa shape index (κ1) is 11.3. The average molecular weight is 233 g/mol. The third-order valence-corrected chi connectivity index (χ3v) is 2.16. The molecule has 0 aliphatic heterocycles. The van der Waals surface area contributed by atoms with Gasteiger partial charge in [0.05, 0.1) is 16.8 Å². The number of hydrogen-bond donors (Lipinski definition) is 2. The number of halogens is 2. The van der Waals surface area contributed by atoms with Gasteiger partial charge in [0.25, 0.3) is 0 Å². The molecule has 0 saturated heterocycles. The minimum absolute atomic E-state index is 0.297. The van der Waals surface area contributed by atoms with E-state index in [9.17, 15) is 4.79 Å². The summed E-state index contributed by atoms with van der Waals surface area (Å²) in [5.74, 6) is -0.297. The first-order valence-electron chi connectivity index (χ1n) is 4.02. The Bertz CT molecular complexity index is 353. The Morgan fingerprint density at radius 1 is 1.50 bits per heavy atom. The lowest BCUT2D eigenvalue weighted by molar-refractivity contribution is -0.117. The summed E-state index contributed by atoms with van der Waals surface area (Å²) in [7, 11) is 0.